The van der Waals surface area contributed by atoms with Crippen molar-refractivity contribution in [1.29, 1.82) is 5.26 Å². The van der Waals surface area contributed by atoms with Crippen molar-refractivity contribution in [2.45, 2.75) is 6.92 Å². The van der Waals surface area contributed by atoms with Gasteiger partial charge in [0.25, 0.3) is 0 Å². The quantitative estimate of drug-likeness (QED) is 0.718. The number of hydrogen-bond acceptors (Lipinski definition) is 1. The van der Waals surface area contributed by atoms with Crippen molar-refractivity contribution < 1.29 is 0 Å². The molecule has 2 rings (SSSR count). The standard InChI is InChI=1S/C16H12ClN/c1-12-6-8-13(9-7-12)14(10-11-18)15-4-2-3-5-16(15)17/h2-10H,1H3/b14-10-. The molecule has 0 amide bonds. The Balaban J connectivity index is 2.55. The van der Waals surface area contributed by atoms with Crippen LogP contribution < -0.4 is 0 Å². The molecule has 0 spiro atoms. The van der Waals surface area contributed by atoms with Gasteiger partial charge in [0.1, 0.15) is 0 Å². The van der Waals surface area contributed by atoms with E-state index in [1.54, 1.807) is 0 Å². The molecule has 0 bridgehead atoms. The Labute approximate surface area is 112 Å². The van der Waals surface area contributed by atoms with E-state index < -0.39 is 0 Å². The third kappa shape index (κ3) is 2.61. The molecule has 2 heteroatoms. The normalized spacial score (nSPS) is 11.1. The Morgan fingerprint density at radius 1 is 1.11 bits per heavy atom. The number of halogens is 1. The molecule has 18 heavy (non-hydrogen) atoms. The van der Waals surface area contributed by atoms with Gasteiger partial charge in [-0.3, -0.25) is 0 Å². The van der Waals surface area contributed by atoms with E-state index in [1.807, 2.05) is 55.5 Å². The number of nitriles is 1. The molecule has 0 aliphatic heterocycles. The third-order valence-electron chi connectivity index (χ3n) is 2.74. The lowest BCUT2D eigenvalue weighted by Crippen LogP contribution is -1.89. The highest BCUT2D eigenvalue weighted by Crippen LogP contribution is 2.29. The monoisotopic (exact) mass is 253 g/mol. The van der Waals surface area contributed by atoms with E-state index in [-0.39, 0.29) is 0 Å². The van der Waals surface area contributed by atoms with Gasteiger partial charge in [-0.1, -0.05) is 59.6 Å². The molecule has 2 aromatic carbocycles. The average Bonchev–Trinajstić information content (AvgIpc) is 2.38. The molecule has 0 N–H and O–H groups in total. The maximum absolute atomic E-state index is 8.94. The first-order chi connectivity index (χ1) is 8.72. The van der Waals surface area contributed by atoms with Crippen LogP contribution in [0.25, 0.3) is 5.57 Å². The molecule has 0 atom stereocenters. The van der Waals surface area contributed by atoms with Crippen LogP contribution in [0, 0.1) is 18.3 Å². The van der Waals surface area contributed by atoms with Crippen LogP contribution in [0.15, 0.2) is 54.6 Å². The Morgan fingerprint density at radius 3 is 2.39 bits per heavy atom. The molecule has 0 fully saturated rings. The highest BCUT2D eigenvalue weighted by Gasteiger charge is 2.08. The Morgan fingerprint density at radius 2 is 1.78 bits per heavy atom. The van der Waals surface area contributed by atoms with Crippen LogP contribution in [-0.2, 0) is 0 Å². The van der Waals surface area contributed by atoms with Gasteiger partial charge in [-0.25, -0.2) is 0 Å². The zero-order chi connectivity index (χ0) is 13.0. The Kier molecular flexibility index (Phi) is 3.82. The van der Waals surface area contributed by atoms with Crippen molar-refractivity contribution in [2.24, 2.45) is 0 Å². The molecule has 0 aromatic heterocycles. The second kappa shape index (κ2) is 5.53. The molecule has 2 aromatic rings. The summed E-state index contributed by atoms with van der Waals surface area (Å²) in [5.74, 6) is 0. The van der Waals surface area contributed by atoms with Gasteiger partial charge in [0.15, 0.2) is 0 Å². The maximum Gasteiger partial charge on any atom is 0.0918 e. The van der Waals surface area contributed by atoms with Crippen molar-refractivity contribution in [1.82, 2.24) is 0 Å². The SMILES string of the molecule is Cc1ccc(/C(=C/C#N)c2ccccc2Cl)cc1. The van der Waals surface area contributed by atoms with Gasteiger partial charge < -0.3 is 0 Å². The van der Waals surface area contributed by atoms with Gasteiger partial charge in [0, 0.05) is 22.2 Å². The molecule has 0 heterocycles. The van der Waals surface area contributed by atoms with Crippen molar-refractivity contribution >= 4 is 17.2 Å². The van der Waals surface area contributed by atoms with Crippen molar-refractivity contribution in [3.8, 4) is 6.07 Å². The smallest absolute Gasteiger partial charge is 0.0918 e. The highest BCUT2D eigenvalue weighted by molar-refractivity contribution is 6.32. The fourth-order valence-corrected chi connectivity index (χ4v) is 2.03. The molecule has 0 aliphatic rings. The zero-order valence-electron chi connectivity index (χ0n) is 10.0. The van der Waals surface area contributed by atoms with E-state index in [9.17, 15) is 0 Å². The molecule has 0 radical (unpaired) electrons. The molecule has 0 aliphatic carbocycles. The molecular formula is C16H12ClN. The highest BCUT2D eigenvalue weighted by atomic mass is 35.5. The summed E-state index contributed by atoms with van der Waals surface area (Å²) in [6, 6.07) is 17.7. The number of nitrogens with zero attached hydrogens (tertiary/aromatic N) is 1. The predicted molar refractivity (Wildman–Crippen MR) is 75.3 cm³/mol. The topological polar surface area (TPSA) is 23.8 Å². The summed E-state index contributed by atoms with van der Waals surface area (Å²) in [5, 5.41) is 9.59. The summed E-state index contributed by atoms with van der Waals surface area (Å²) in [7, 11) is 0. The number of aryl methyl sites for hydroxylation is 1. The molecule has 0 saturated carbocycles. The number of benzene rings is 2. The minimum absolute atomic E-state index is 0.652. The van der Waals surface area contributed by atoms with E-state index in [1.165, 1.54) is 11.6 Å². The first-order valence-electron chi connectivity index (χ1n) is 5.64. The number of allylic oxidation sites excluding steroid dienone is 1. The van der Waals surface area contributed by atoms with Crippen molar-refractivity contribution in [3.63, 3.8) is 0 Å². The Bertz CT molecular complexity index is 618. The van der Waals surface area contributed by atoms with Gasteiger partial charge >= 0.3 is 0 Å². The maximum atomic E-state index is 8.94. The lowest BCUT2D eigenvalue weighted by Gasteiger charge is -2.09. The third-order valence-corrected chi connectivity index (χ3v) is 3.07. The number of rotatable bonds is 2. The summed E-state index contributed by atoms with van der Waals surface area (Å²) in [5.41, 5.74) is 3.91. The van der Waals surface area contributed by atoms with Gasteiger partial charge in [-0.05, 0) is 18.6 Å². The fraction of sp³-hybridized carbons (Fsp3) is 0.0625. The van der Waals surface area contributed by atoms with Crippen LogP contribution in [0.3, 0.4) is 0 Å². The lowest BCUT2D eigenvalue weighted by atomic mass is 9.97. The van der Waals surface area contributed by atoms with Crippen molar-refractivity contribution in [2.75, 3.05) is 0 Å². The van der Waals surface area contributed by atoms with Crippen LogP contribution in [0.5, 0.6) is 0 Å². The van der Waals surface area contributed by atoms with Gasteiger partial charge in [0.05, 0.1) is 6.07 Å². The van der Waals surface area contributed by atoms with Gasteiger partial charge in [-0.2, -0.15) is 5.26 Å². The van der Waals surface area contributed by atoms with Crippen LogP contribution in [0.2, 0.25) is 5.02 Å². The second-order valence-corrected chi connectivity index (χ2v) is 4.44. The van der Waals surface area contributed by atoms with Crippen LogP contribution in [0.4, 0.5) is 0 Å². The van der Waals surface area contributed by atoms with Crippen LogP contribution in [0.1, 0.15) is 16.7 Å². The first-order valence-corrected chi connectivity index (χ1v) is 6.02. The summed E-state index contributed by atoms with van der Waals surface area (Å²) < 4.78 is 0. The Hall–Kier alpha value is -2.04. The minimum atomic E-state index is 0.652. The van der Waals surface area contributed by atoms with E-state index in [0.717, 1.165) is 16.7 Å². The van der Waals surface area contributed by atoms with Gasteiger partial charge in [-0.15, -0.1) is 0 Å². The summed E-state index contributed by atoms with van der Waals surface area (Å²) in [6.45, 7) is 2.03. The second-order valence-electron chi connectivity index (χ2n) is 4.03. The fourth-order valence-electron chi connectivity index (χ4n) is 1.79. The molecule has 0 saturated heterocycles. The van der Waals surface area contributed by atoms with Crippen LogP contribution in [-0.4, -0.2) is 0 Å². The lowest BCUT2D eigenvalue weighted by molar-refractivity contribution is 1.44. The minimum Gasteiger partial charge on any atom is -0.193 e. The summed E-state index contributed by atoms with van der Waals surface area (Å²) in [4.78, 5) is 0. The average molecular weight is 254 g/mol. The first kappa shape index (κ1) is 12.4. The molecule has 1 nitrogen and oxygen atoms in total. The van der Waals surface area contributed by atoms with E-state index in [2.05, 4.69) is 6.07 Å². The van der Waals surface area contributed by atoms with E-state index >= 15 is 0 Å². The summed E-state index contributed by atoms with van der Waals surface area (Å²) in [6.07, 6.45) is 1.53. The molecular weight excluding hydrogens is 242 g/mol. The predicted octanol–water partition coefficient (Wildman–Crippen LogP) is 4.60. The van der Waals surface area contributed by atoms with Crippen molar-refractivity contribution in [3.05, 3.63) is 76.3 Å². The molecule has 0 unspecified atom stereocenters. The number of hydrogen-bond donors (Lipinski definition) is 0. The zero-order valence-corrected chi connectivity index (χ0v) is 10.8. The largest absolute Gasteiger partial charge is 0.193 e. The molecule has 88 valence electrons. The van der Waals surface area contributed by atoms with Crippen LogP contribution >= 0.6 is 11.6 Å². The summed E-state index contributed by atoms with van der Waals surface area (Å²) >= 11 is 6.19. The van der Waals surface area contributed by atoms with Gasteiger partial charge in [0.2, 0.25) is 0 Å². The van der Waals surface area contributed by atoms with E-state index in [0.29, 0.717) is 5.02 Å². The van der Waals surface area contributed by atoms with E-state index in [4.69, 9.17) is 16.9 Å².